The molecule has 0 aliphatic rings. The van der Waals surface area contributed by atoms with Crippen molar-refractivity contribution in [2.75, 3.05) is 13.1 Å². The molecule has 0 spiro atoms. The third-order valence-electron chi connectivity index (χ3n) is 1.21. The lowest BCUT2D eigenvalue weighted by Crippen LogP contribution is -2.42. The zero-order valence-corrected chi connectivity index (χ0v) is 6.69. The Morgan fingerprint density at radius 3 is 2.23 bits per heavy atom. The molecule has 0 aliphatic carbocycles. The summed E-state index contributed by atoms with van der Waals surface area (Å²) >= 11 is 0. The first kappa shape index (κ1) is 11.5. The molecule has 0 radical (unpaired) electrons. The second kappa shape index (κ2) is 5.22. The summed E-state index contributed by atoms with van der Waals surface area (Å²) in [6, 6.07) is -1.14. The van der Waals surface area contributed by atoms with E-state index in [1.807, 2.05) is 0 Å². The zero-order chi connectivity index (χ0) is 10.4. The maximum Gasteiger partial charge on any atom is 0.373 e. The van der Waals surface area contributed by atoms with Crippen LogP contribution in [0.2, 0.25) is 0 Å². The SMILES string of the molecule is NC(CNCC(=O)C(=O)O)C(=O)O. The number of nitrogens with one attached hydrogen (secondary N) is 1. The Hall–Kier alpha value is -1.47. The molecular formula is C6H10N2O5. The van der Waals surface area contributed by atoms with Crippen molar-refractivity contribution in [3.63, 3.8) is 0 Å². The van der Waals surface area contributed by atoms with Crippen LogP contribution in [0.1, 0.15) is 0 Å². The second-order valence-corrected chi connectivity index (χ2v) is 2.30. The van der Waals surface area contributed by atoms with E-state index in [0.717, 1.165) is 0 Å². The number of aliphatic carboxylic acids is 2. The van der Waals surface area contributed by atoms with Gasteiger partial charge in [0.1, 0.15) is 6.04 Å². The van der Waals surface area contributed by atoms with Crippen LogP contribution in [0.25, 0.3) is 0 Å². The molecule has 0 heterocycles. The number of ketones is 1. The Morgan fingerprint density at radius 1 is 1.31 bits per heavy atom. The molecule has 1 unspecified atom stereocenters. The number of Topliss-reactive ketones (excluding diaryl/α,β-unsaturated/α-hetero) is 1. The molecule has 7 heteroatoms. The van der Waals surface area contributed by atoms with Gasteiger partial charge in [0.2, 0.25) is 0 Å². The standard InChI is InChI=1S/C6H10N2O5/c7-3(5(10)11)1-8-2-4(9)6(12)13/h3,8H,1-2,7H2,(H,10,11)(H,12,13). The molecule has 0 aromatic rings. The lowest BCUT2D eigenvalue weighted by atomic mass is 10.3. The topological polar surface area (TPSA) is 130 Å². The molecule has 0 saturated carbocycles. The molecule has 0 amide bonds. The summed E-state index contributed by atoms with van der Waals surface area (Å²) in [4.78, 5) is 30.6. The fourth-order valence-electron chi connectivity index (χ4n) is 0.504. The van der Waals surface area contributed by atoms with Gasteiger partial charge in [-0.1, -0.05) is 0 Å². The van der Waals surface area contributed by atoms with Gasteiger partial charge in [0.05, 0.1) is 6.54 Å². The number of carboxylic acids is 2. The summed E-state index contributed by atoms with van der Waals surface area (Å²) in [6.45, 7) is -0.565. The van der Waals surface area contributed by atoms with Crippen LogP contribution < -0.4 is 11.1 Å². The highest BCUT2D eigenvalue weighted by atomic mass is 16.4. The number of carboxylic acid groups (broad SMARTS) is 2. The van der Waals surface area contributed by atoms with E-state index >= 15 is 0 Å². The average Bonchev–Trinajstić information content (AvgIpc) is 2.03. The highest BCUT2D eigenvalue weighted by Crippen LogP contribution is 1.76. The minimum absolute atomic E-state index is 0.144. The van der Waals surface area contributed by atoms with Crippen molar-refractivity contribution in [1.82, 2.24) is 5.32 Å². The van der Waals surface area contributed by atoms with Crippen LogP contribution in [-0.4, -0.2) is 47.1 Å². The summed E-state index contributed by atoms with van der Waals surface area (Å²) in [5, 5.41) is 18.7. The minimum atomic E-state index is -1.56. The molecule has 0 aromatic carbocycles. The average molecular weight is 190 g/mol. The van der Waals surface area contributed by atoms with Crippen LogP contribution in [0.4, 0.5) is 0 Å². The van der Waals surface area contributed by atoms with Gasteiger partial charge in [-0.3, -0.25) is 9.59 Å². The van der Waals surface area contributed by atoms with E-state index < -0.39 is 30.3 Å². The van der Waals surface area contributed by atoms with Crippen molar-refractivity contribution in [2.45, 2.75) is 6.04 Å². The molecule has 74 valence electrons. The number of carbonyl (C=O) groups excluding carboxylic acids is 1. The van der Waals surface area contributed by atoms with Gasteiger partial charge in [-0.2, -0.15) is 0 Å². The number of rotatable bonds is 6. The van der Waals surface area contributed by atoms with Crippen LogP contribution in [0, 0.1) is 0 Å². The Morgan fingerprint density at radius 2 is 1.85 bits per heavy atom. The van der Waals surface area contributed by atoms with Gasteiger partial charge in [-0.05, 0) is 0 Å². The minimum Gasteiger partial charge on any atom is -0.480 e. The van der Waals surface area contributed by atoms with E-state index in [4.69, 9.17) is 15.9 Å². The van der Waals surface area contributed by atoms with Crippen molar-refractivity contribution in [3.05, 3.63) is 0 Å². The monoisotopic (exact) mass is 190 g/mol. The van der Waals surface area contributed by atoms with Crippen molar-refractivity contribution in [2.24, 2.45) is 5.73 Å². The molecule has 7 nitrogen and oxygen atoms in total. The Bertz CT molecular complexity index is 227. The van der Waals surface area contributed by atoms with Crippen molar-refractivity contribution < 1.29 is 24.6 Å². The fourth-order valence-corrected chi connectivity index (χ4v) is 0.504. The molecule has 1 atom stereocenters. The zero-order valence-electron chi connectivity index (χ0n) is 6.69. The molecule has 0 aliphatic heterocycles. The summed E-state index contributed by atoms with van der Waals surface area (Å²) in [5.41, 5.74) is 5.06. The number of carbonyl (C=O) groups is 3. The largest absolute Gasteiger partial charge is 0.480 e. The summed E-state index contributed by atoms with van der Waals surface area (Å²) in [5.74, 6) is -3.80. The molecule has 0 saturated heterocycles. The van der Waals surface area contributed by atoms with Crippen molar-refractivity contribution in [1.29, 1.82) is 0 Å². The van der Waals surface area contributed by atoms with Gasteiger partial charge in [-0.15, -0.1) is 0 Å². The summed E-state index contributed by atoms with van der Waals surface area (Å²) in [7, 11) is 0. The Labute approximate surface area is 73.5 Å². The molecule has 0 bridgehead atoms. The normalized spacial score (nSPS) is 12.1. The first-order valence-corrected chi connectivity index (χ1v) is 3.40. The molecule has 5 N–H and O–H groups in total. The van der Waals surface area contributed by atoms with E-state index in [9.17, 15) is 14.4 Å². The van der Waals surface area contributed by atoms with E-state index in [-0.39, 0.29) is 6.54 Å². The Balaban J connectivity index is 3.62. The summed E-state index contributed by atoms with van der Waals surface area (Å²) < 4.78 is 0. The van der Waals surface area contributed by atoms with Crippen LogP contribution in [0.3, 0.4) is 0 Å². The third kappa shape index (κ3) is 4.88. The summed E-state index contributed by atoms with van der Waals surface area (Å²) in [6.07, 6.45) is 0. The first-order valence-electron chi connectivity index (χ1n) is 3.40. The lowest BCUT2D eigenvalue weighted by molar-refractivity contribution is -0.148. The highest BCUT2D eigenvalue weighted by molar-refractivity contribution is 6.33. The van der Waals surface area contributed by atoms with Crippen LogP contribution in [0.5, 0.6) is 0 Å². The molecule has 13 heavy (non-hydrogen) atoms. The predicted octanol–water partition coefficient (Wildman–Crippen LogP) is -2.36. The van der Waals surface area contributed by atoms with Crippen LogP contribution in [-0.2, 0) is 14.4 Å². The molecule has 0 rings (SSSR count). The number of hydrogen-bond acceptors (Lipinski definition) is 5. The number of nitrogens with two attached hydrogens (primary N) is 1. The Kier molecular flexibility index (Phi) is 4.63. The van der Waals surface area contributed by atoms with Gasteiger partial charge in [-0.25, -0.2) is 4.79 Å². The maximum absolute atomic E-state index is 10.4. The number of hydrogen-bond donors (Lipinski definition) is 4. The molecule has 0 fully saturated rings. The van der Waals surface area contributed by atoms with Gasteiger partial charge in [0, 0.05) is 6.54 Å². The lowest BCUT2D eigenvalue weighted by Gasteiger charge is -2.05. The maximum atomic E-state index is 10.4. The fraction of sp³-hybridized carbons (Fsp3) is 0.500. The third-order valence-corrected chi connectivity index (χ3v) is 1.21. The van der Waals surface area contributed by atoms with Crippen LogP contribution >= 0.6 is 0 Å². The van der Waals surface area contributed by atoms with Crippen molar-refractivity contribution >= 4 is 17.7 Å². The van der Waals surface area contributed by atoms with Gasteiger partial charge in [0.15, 0.2) is 0 Å². The van der Waals surface area contributed by atoms with E-state index in [2.05, 4.69) is 5.32 Å². The predicted molar refractivity (Wildman–Crippen MR) is 41.1 cm³/mol. The van der Waals surface area contributed by atoms with Gasteiger partial charge in [0.25, 0.3) is 5.78 Å². The quantitative estimate of drug-likeness (QED) is 0.345. The van der Waals surface area contributed by atoms with E-state index in [0.29, 0.717) is 0 Å². The molecular weight excluding hydrogens is 180 g/mol. The van der Waals surface area contributed by atoms with Crippen molar-refractivity contribution in [3.8, 4) is 0 Å². The molecule has 0 aromatic heterocycles. The smallest absolute Gasteiger partial charge is 0.373 e. The second-order valence-electron chi connectivity index (χ2n) is 2.30. The highest BCUT2D eigenvalue weighted by Gasteiger charge is 2.14. The van der Waals surface area contributed by atoms with E-state index in [1.165, 1.54) is 0 Å². The van der Waals surface area contributed by atoms with Gasteiger partial charge >= 0.3 is 11.9 Å². The first-order chi connectivity index (χ1) is 5.95. The van der Waals surface area contributed by atoms with Crippen LogP contribution in [0.15, 0.2) is 0 Å². The van der Waals surface area contributed by atoms with E-state index in [1.54, 1.807) is 0 Å². The van der Waals surface area contributed by atoms with Gasteiger partial charge < -0.3 is 21.3 Å².